The Morgan fingerprint density at radius 3 is 1.95 bits per heavy atom. The largest absolute Gasteiger partial charge is 0.463 e. The second-order valence-corrected chi connectivity index (χ2v) is 4.72. The number of esters is 3. The Kier molecular flexibility index (Phi) is 6.72. The summed E-state index contributed by atoms with van der Waals surface area (Å²) in [6.07, 6.45) is -5.65. The molecule has 0 radical (unpaired) electrons. The van der Waals surface area contributed by atoms with Crippen LogP contribution in [0.4, 0.5) is 0 Å². The van der Waals surface area contributed by atoms with Crippen LogP contribution in [0, 0.1) is 0 Å². The predicted octanol–water partition coefficient (Wildman–Crippen LogP) is -0.855. The number of ether oxygens (including phenoxy) is 5. The summed E-state index contributed by atoms with van der Waals surface area (Å²) in [5, 5.41) is 9.95. The molecular formula is C13H20O9. The van der Waals surface area contributed by atoms with Crippen molar-refractivity contribution in [3.8, 4) is 0 Å². The van der Waals surface area contributed by atoms with E-state index in [2.05, 4.69) is 0 Å². The van der Waals surface area contributed by atoms with Gasteiger partial charge in [0.1, 0.15) is 18.8 Å². The van der Waals surface area contributed by atoms with Crippen LogP contribution in [0.1, 0.15) is 20.8 Å². The number of methoxy groups -OCH3 is 1. The molecule has 0 spiro atoms. The molecule has 0 saturated carbocycles. The molecule has 0 unspecified atom stereocenters. The highest BCUT2D eigenvalue weighted by molar-refractivity contribution is 5.67. The highest BCUT2D eigenvalue weighted by Crippen LogP contribution is 2.27. The van der Waals surface area contributed by atoms with E-state index in [0.717, 1.165) is 6.92 Å². The van der Waals surface area contributed by atoms with Gasteiger partial charge in [0.25, 0.3) is 0 Å². The third kappa shape index (κ3) is 4.93. The van der Waals surface area contributed by atoms with Gasteiger partial charge in [-0.25, -0.2) is 0 Å². The maximum absolute atomic E-state index is 11.3. The molecule has 1 N–H and O–H groups in total. The number of rotatable bonds is 5. The van der Waals surface area contributed by atoms with Crippen LogP contribution in [0.25, 0.3) is 0 Å². The van der Waals surface area contributed by atoms with E-state index in [0.29, 0.717) is 0 Å². The SMILES string of the molecule is CO[C@@H]1[C@H](OC(C)=O)[C@@H](O)O[C@H](COC(C)=O)[C@H]1OC(C)=O. The summed E-state index contributed by atoms with van der Waals surface area (Å²) in [6, 6.07) is 0. The number of hydrogen-bond acceptors (Lipinski definition) is 9. The molecule has 5 atom stereocenters. The third-order valence-corrected chi connectivity index (χ3v) is 2.94. The first-order valence-corrected chi connectivity index (χ1v) is 6.60. The van der Waals surface area contributed by atoms with Crippen LogP contribution >= 0.6 is 0 Å². The molecule has 1 aliphatic heterocycles. The molecule has 9 nitrogen and oxygen atoms in total. The van der Waals surface area contributed by atoms with Gasteiger partial charge in [-0.3, -0.25) is 14.4 Å². The first-order chi connectivity index (χ1) is 10.3. The minimum Gasteiger partial charge on any atom is -0.463 e. The van der Waals surface area contributed by atoms with Crippen molar-refractivity contribution < 1.29 is 43.2 Å². The van der Waals surface area contributed by atoms with Gasteiger partial charge < -0.3 is 28.8 Å². The van der Waals surface area contributed by atoms with Gasteiger partial charge in [-0.2, -0.15) is 0 Å². The van der Waals surface area contributed by atoms with Crippen molar-refractivity contribution in [2.45, 2.75) is 51.5 Å². The van der Waals surface area contributed by atoms with Crippen LogP contribution in [0.5, 0.6) is 0 Å². The Hall–Kier alpha value is -1.71. The standard InChI is InChI=1S/C13H20O9/c1-6(14)19-5-9-10(20-7(2)15)11(18-4)12(13(17)22-9)21-8(3)16/h9-13,17H,5H2,1-4H3/t9-,10-,11+,12+,13+/m1/s1. The fraction of sp³-hybridized carbons (Fsp3) is 0.769. The molecule has 0 aromatic heterocycles. The quantitative estimate of drug-likeness (QED) is 0.510. The van der Waals surface area contributed by atoms with Gasteiger partial charge in [0.05, 0.1) is 0 Å². The van der Waals surface area contributed by atoms with E-state index < -0.39 is 48.6 Å². The lowest BCUT2D eigenvalue weighted by Gasteiger charge is -2.42. The van der Waals surface area contributed by atoms with Gasteiger partial charge in [0.15, 0.2) is 18.5 Å². The van der Waals surface area contributed by atoms with E-state index in [1.54, 1.807) is 0 Å². The summed E-state index contributed by atoms with van der Waals surface area (Å²) >= 11 is 0. The molecule has 9 heteroatoms. The summed E-state index contributed by atoms with van der Waals surface area (Å²) in [4.78, 5) is 33.3. The molecule has 1 fully saturated rings. The van der Waals surface area contributed by atoms with Crippen LogP contribution in [0.2, 0.25) is 0 Å². The lowest BCUT2D eigenvalue weighted by Crippen LogP contribution is -2.61. The van der Waals surface area contributed by atoms with Crippen molar-refractivity contribution in [3.63, 3.8) is 0 Å². The molecule has 22 heavy (non-hydrogen) atoms. The van der Waals surface area contributed by atoms with E-state index in [1.165, 1.54) is 21.0 Å². The second-order valence-electron chi connectivity index (χ2n) is 4.72. The van der Waals surface area contributed by atoms with Gasteiger partial charge in [0.2, 0.25) is 0 Å². The summed E-state index contributed by atoms with van der Waals surface area (Å²) < 4.78 is 25.3. The zero-order valence-electron chi connectivity index (χ0n) is 12.8. The van der Waals surface area contributed by atoms with Crippen LogP contribution in [-0.2, 0) is 38.1 Å². The Balaban J connectivity index is 2.96. The maximum atomic E-state index is 11.3. The third-order valence-electron chi connectivity index (χ3n) is 2.94. The fourth-order valence-electron chi connectivity index (χ4n) is 2.15. The van der Waals surface area contributed by atoms with Crippen molar-refractivity contribution in [3.05, 3.63) is 0 Å². The topological polar surface area (TPSA) is 118 Å². The fourth-order valence-corrected chi connectivity index (χ4v) is 2.15. The molecule has 1 rings (SSSR count). The molecule has 1 saturated heterocycles. The average molecular weight is 320 g/mol. The highest BCUT2D eigenvalue weighted by Gasteiger charge is 2.50. The Labute approximate surface area is 127 Å². The number of hydrogen-bond donors (Lipinski definition) is 1. The number of aliphatic hydroxyl groups excluding tert-OH is 1. The molecule has 0 aromatic carbocycles. The second kappa shape index (κ2) is 8.06. The smallest absolute Gasteiger partial charge is 0.303 e. The molecule has 1 heterocycles. The minimum absolute atomic E-state index is 0.253. The maximum Gasteiger partial charge on any atom is 0.303 e. The first-order valence-electron chi connectivity index (χ1n) is 6.60. The monoisotopic (exact) mass is 320 g/mol. The zero-order chi connectivity index (χ0) is 16.9. The summed E-state index contributed by atoms with van der Waals surface area (Å²) in [7, 11) is 1.30. The summed E-state index contributed by atoms with van der Waals surface area (Å²) in [5.74, 6) is -1.84. The van der Waals surface area contributed by atoms with Gasteiger partial charge in [-0.1, -0.05) is 0 Å². The van der Waals surface area contributed by atoms with E-state index >= 15 is 0 Å². The van der Waals surface area contributed by atoms with Crippen molar-refractivity contribution in [1.82, 2.24) is 0 Å². The number of carbonyl (C=O) groups excluding carboxylic acids is 3. The average Bonchev–Trinajstić information content (AvgIpc) is 2.39. The molecule has 0 aliphatic carbocycles. The predicted molar refractivity (Wildman–Crippen MR) is 69.4 cm³/mol. The van der Waals surface area contributed by atoms with Crippen molar-refractivity contribution in [2.24, 2.45) is 0 Å². The molecule has 126 valence electrons. The number of aliphatic hydroxyl groups is 1. The van der Waals surface area contributed by atoms with Crippen LogP contribution in [-0.4, -0.2) is 67.4 Å². The lowest BCUT2D eigenvalue weighted by molar-refractivity contribution is -0.297. The van der Waals surface area contributed by atoms with Crippen LogP contribution < -0.4 is 0 Å². The molecule has 0 bridgehead atoms. The molecular weight excluding hydrogens is 300 g/mol. The minimum atomic E-state index is -1.51. The zero-order valence-corrected chi connectivity index (χ0v) is 12.8. The first kappa shape index (κ1) is 18.3. The van der Waals surface area contributed by atoms with Gasteiger partial charge in [-0.15, -0.1) is 0 Å². The van der Waals surface area contributed by atoms with Gasteiger partial charge >= 0.3 is 17.9 Å². The van der Waals surface area contributed by atoms with Gasteiger partial charge in [0, 0.05) is 27.9 Å². The van der Waals surface area contributed by atoms with Crippen molar-refractivity contribution >= 4 is 17.9 Å². The van der Waals surface area contributed by atoms with E-state index in [4.69, 9.17) is 23.7 Å². The van der Waals surface area contributed by atoms with Crippen molar-refractivity contribution in [1.29, 1.82) is 0 Å². The summed E-state index contributed by atoms with van der Waals surface area (Å²) in [5.41, 5.74) is 0. The number of carbonyl (C=O) groups is 3. The summed E-state index contributed by atoms with van der Waals surface area (Å²) in [6.45, 7) is 3.29. The normalized spacial score (nSPS) is 31.2. The lowest BCUT2D eigenvalue weighted by atomic mass is 9.98. The molecule has 0 aromatic rings. The van der Waals surface area contributed by atoms with Crippen molar-refractivity contribution in [2.75, 3.05) is 13.7 Å². The van der Waals surface area contributed by atoms with E-state index in [1.807, 2.05) is 0 Å². The molecule has 0 amide bonds. The van der Waals surface area contributed by atoms with Crippen LogP contribution in [0.15, 0.2) is 0 Å². The van der Waals surface area contributed by atoms with E-state index in [-0.39, 0.29) is 6.61 Å². The highest BCUT2D eigenvalue weighted by atomic mass is 16.7. The molecule has 1 aliphatic rings. The Morgan fingerprint density at radius 2 is 1.50 bits per heavy atom. The Morgan fingerprint density at radius 1 is 0.955 bits per heavy atom. The van der Waals surface area contributed by atoms with Crippen LogP contribution in [0.3, 0.4) is 0 Å². The van der Waals surface area contributed by atoms with E-state index in [9.17, 15) is 19.5 Å². The van der Waals surface area contributed by atoms with Gasteiger partial charge in [-0.05, 0) is 0 Å². The Bertz CT molecular complexity index is 422.